The zero-order valence-corrected chi connectivity index (χ0v) is 18.1. The molecule has 1 aliphatic heterocycles. The van der Waals surface area contributed by atoms with E-state index in [1.807, 2.05) is 59.3 Å². The van der Waals surface area contributed by atoms with Crippen LogP contribution in [0.15, 0.2) is 75.6 Å². The second kappa shape index (κ2) is 8.50. The summed E-state index contributed by atoms with van der Waals surface area (Å²) < 4.78 is 1.64. The first-order valence-electron chi connectivity index (χ1n) is 9.23. The van der Waals surface area contributed by atoms with E-state index in [1.165, 1.54) is 11.8 Å². The third kappa shape index (κ3) is 3.81. The molecule has 0 saturated carbocycles. The van der Waals surface area contributed by atoms with Gasteiger partial charge in [-0.05, 0) is 45.5 Å². The molecule has 7 nitrogen and oxygen atoms in total. The molecule has 0 bridgehead atoms. The Balaban J connectivity index is 1.35. The van der Waals surface area contributed by atoms with Gasteiger partial charge in [0.2, 0.25) is 5.16 Å². The van der Waals surface area contributed by atoms with Gasteiger partial charge in [0.15, 0.2) is 0 Å². The van der Waals surface area contributed by atoms with Gasteiger partial charge in [0.1, 0.15) is 0 Å². The highest BCUT2D eigenvalue weighted by Crippen LogP contribution is 2.36. The van der Waals surface area contributed by atoms with E-state index in [1.54, 1.807) is 32.4 Å². The highest BCUT2D eigenvalue weighted by atomic mass is 32.2. The number of hydrogen-bond acceptors (Lipinski definition) is 8. The molecule has 0 radical (unpaired) electrons. The van der Waals surface area contributed by atoms with E-state index in [0.29, 0.717) is 5.16 Å². The van der Waals surface area contributed by atoms with E-state index in [2.05, 4.69) is 21.6 Å². The largest absolute Gasteiger partial charge is 0.272 e. The van der Waals surface area contributed by atoms with Gasteiger partial charge in [0.05, 0.1) is 28.1 Å². The van der Waals surface area contributed by atoms with Gasteiger partial charge in [-0.2, -0.15) is 9.78 Å². The van der Waals surface area contributed by atoms with E-state index >= 15 is 0 Å². The van der Waals surface area contributed by atoms with Gasteiger partial charge in [0, 0.05) is 11.3 Å². The van der Waals surface area contributed by atoms with Gasteiger partial charge in [0.25, 0.3) is 5.91 Å². The van der Waals surface area contributed by atoms with Crippen molar-refractivity contribution >= 4 is 46.1 Å². The molecule has 1 amide bonds. The fourth-order valence-corrected chi connectivity index (χ4v) is 5.50. The van der Waals surface area contributed by atoms with E-state index in [-0.39, 0.29) is 17.7 Å². The molecule has 0 saturated heterocycles. The molecule has 150 valence electrons. The van der Waals surface area contributed by atoms with Crippen molar-refractivity contribution in [1.82, 2.24) is 25.2 Å². The quantitative estimate of drug-likeness (QED) is 0.409. The summed E-state index contributed by atoms with van der Waals surface area (Å²) in [5.74, 6) is 0.142. The van der Waals surface area contributed by atoms with Crippen LogP contribution in [0, 0.1) is 0 Å². The lowest BCUT2D eigenvalue weighted by atomic mass is 10.1. The number of hydrazone groups is 1. The number of nitrogens with zero attached hydrogens (tertiary/aromatic N) is 6. The highest BCUT2D eigenvalue weighted by molar-refractivity contribution is 7.99. The summed E-state index contributed by atoms with van der Waals surface area (Å²) in [6, 6.07) is 17.7. The summed E-state index contributed by atoms with van der Waals surface area (Å²) in [5.41, 5.74) is 1.81. The van der Waals surface area contributed by atoms with Gasteiger partial charge in [-0.3, -0.25) is 4.79 Å². The maximum atomic E-state index is 13.1. The molecule has 5 rings (SSSR count). The van der Waals surface area contributed by atoms with Gasteiger partial charge < -0.3 is 0 Å². The summed E-state index contributed by atoms with van der Waals surface area (Å²) in [6.07, 6.45) is 0.721. The maximum Gasteiger partial charge on any atom is 0.253 e. The van der Waals surface area contributed by atoms with Crippen LogP contribution in [0.5, 0.6) is 0 Å². The predicted octanol–water partition coefficient (Wildman–Crippen LogP) is 4.26. The molecule has 10 heteroatoms. The highest BCUT2D eigenvalue weighted by Gasteiger charge is 2.34. The molecule has 4 heterocycles. The fraction of sp³-hybridized carbons (Fsp3) is 0.150. The van der Waals surface area contributed by atoms with Crippen molar-refractivity contribution in [3.05, 3.63) is 75.1 Å². The van der Waals surface area contributed by atoms with Crippen LogP contribution in [0.4, 0.5) is 0 Å². The van der Waals surface area contributed by atoms with Crippen LogP contribution in [-0.4, -0.2) is 42.6 Å². The maximum absolute atomic E-state index is 13.1. The van der Waals surface area contributed by atoms with Gasteiger partial charge >= 0.3 is 0 Å². The number of hydrogen-bond donors (Lipinski definition) is 0. The Morgan fingerprint density at radius 2 is 1.90 bits per heavy atom. The summed E-state index contributed by atoms with van der Waals surface area (Å²) in [4.78, 5) is 15.4. The standard InChI is InChI=1S/C20H16N6OS3/c27-19(13-30-20-21-23-24-25(20)14-6-2-1-3-7-14)26-16(18-9-5-11-29-18)12-15(22-26)17-8-4-10-28-17/h1-11,16H,12-13H2/t16-/m1/s1. The zero-order chi connectivity index (χ0) is 20.3. The lowest BCUT2D eigenvalue weighted by Gasteiger charge is -2.20. The average Bonchev–Trinajstić information content (AvgIpc) is 3.57. The van der Waals surface area contributed by atoms with Crippen molar-refractivity contribution in [1.29, 1.82) is 0 Å². The number of tetrazole rings is 1. The van der Waals surface area contributed by atoms with Crippen LogP contribution in [-0.2, 0) is 4.79 Å². The molecule has 4 aromatic rings. The van der Waals surface area contributed by atoms with E-state index in [9.17, 15) is 4.79 Å². The molecule has 1 aliphatic rings. The number of rotatable bonds is 6. The first kappa shape index (κ1) is 19.2. The summed E-state index contributed by atoms with van der Waals surface area (Å²) >= 11 is 4.61. The minimum Gasteiger partial charge on any atom is -0.272 e. The molecule has 1 aromatic carbocycles. The zero-order valence-electron chi connectivity index (χ0n) is 15.7. The van der Waals surface area contributed by atoms with Crippen molar-refractivity contribution in [2.75, 3.05) is 5.75 Å². The molecule has 1 atom stereocenters. The summed E-state index contributed by atoms with van der Waals surface area (Å²) in [6.45, 7) is 0. The third-order valence-corrected chi connectivity index (χ3v) is 7.41. The topological polar surface area (TPSA) is 76.3 Å². The number of thioether (sulfide) groups is 1. The number of thiophene rings is 2. The molecule has 0 fully saturated rings. The molecule has 0 aliphatic carbocycles. The van der Waals surface area contributed by atoms with Crippen LogP contribution >= 0.6 is 34.4 Å². The van der Waals surface area contributed by atoms with Crippen molar-refractivity contribution in [2.45, 2.75) is 17.6 Å². The third-order valence-electron chi connectivity index (χ3n) is 4.61. The number of carbonyl (C=O) groups excluding carboxylic acids is 1. The normalized spacial score (nSPS) is 16.1. The molecular formula is C20H16N6OS3. The number of benzene rings is 1. The second-order valence-electron chi connectivity index (χ2n) is 6.50. The molecule has 3 aromatic heterocycles. The lowest BCUT2D eigenvalue weighted by molar-refractivity contribution is -0.130. The fourth-order valence-electron chi connectivity index (χ4n) is 3.23. The van der Waals surface area contributed by atoms with Crippen LogP contribution in [0.25, 0.3) is 5.69 Å². The van der Waals surface area contributed by atoms with Crippen molar-refractivity contribution in [3.63, 3.8) is 0 Å². The van der Waals surface area contributed by atoms with Crippen molar-refractivity contribution in [3.8, 4) is 5.69 Å². The van der Waals surface area contributed by atoms with Gasteiger partial charge in [-0.15, -0.1) is 27.8 Å². The number of carbonyl (C=O) groups is 1. The number of amides is 1. The predicted molar refractivity (Wildman–Crippen MR) is 119 cm³/mol. The summed E-state index contributed by atoms with van der Waals surface area (Å²) in [7, 11) is 0. The average molecular weight is 453 g/mol. The monoisotopic (exact) mass is 452 g/mol. The van der Waals surface area contributed by atoms with Crippen molar-refractivity contribution < 1.29 is 4.79 Å². The van der Waals surface area contributed by atoms with Crippen LogP contribution in [0.3, 0.4) is 0 Å². The molecular weight excluding hydrogens is 436 g/mol. The Kier molecular flexibility index (Phi) is 5.43. The summed E-state index contributed by atoms with van der Waals surface area (Å²) in [5, 5.41) is 22.9. The Morgan fingerprint density at radius 1 is 1.07 bits per heavy atom. The smallest absolute Gasteiger partial charge is 0.253 e. The molecule has 0 spiro atoms. The first-order valence-corrected chi connectivity index (χ1v) is 12.0. The van der Waals surface area contributed by atoms with E-state index < -0.39 is 0 Å². The Hall–Kier alpha value is -2.82. The van der Waals surface area contributed by atoms with Gasteiger partial charge in [-0.25, -0.2) is 5.01 Å². The van der Waals surface area contributed by atoms with E-state index in [0.717, 1.165) is 27.6 Å². The molecule has 0 N–H and O–H groups in total. The first-order chi connectivity index (χ1) is 14.8. The number of aromatic nitrogens is 4. The minimum atomic E-state index is -0.0691. The van der Waals surface area contributed by atoms with Gasteiger partial charge in [-0.1, -0.05) is 42.1 Å². The SMILES string of the molecule is O=C(CSc1nnnn1-c1ccccc1)N1N=C(c2cccs2)C[C@@H]1c1cccs1. The minimum absolute atomic E-state index is 0.0624. The number of para-hydroxylation sites is 1. The van der Waals surface area contributed by atoms with E-state index in [4.69, 9.17) is 5.10 Å². The Labute approximate surface area is 185 Å². The van der Waals surface area contributed by atoms with Crippen LogP contribution < -0.4 is 0 Å². The second-order valence-corrected chi connectivity index (χ2v) is 9.36. The van der Waals surface area contributed by atoms with Crippen LogP contribution in [0.2, 0.25) is 0 Å². The van der Waals surface area contributed by atoms with Crippen LogP contribution in [0.1, 0.15) is 22.2 Å². The van der Waals surface area contributed by atoms with Crippen molar-refractivity contribution in [2.24, 2.45) is 5.10 Å². The molecule has 30 heavy (non-hydrogen) atoms. The lowest BCUT2D eigenvalue weighted by Crippen LogP contribution is -2.28. The Bertz CT molecular complexity index is 1150. The molecule has 0 unspecified atom stereocenters. The Morgan fingerprint density at radius 3 is 2.67 bits per heavy atom.